The fourth-order valence-electron chi connectivity index (χ4n) is 2.56. The largest absolute Gasteiger partial charge is 0.476 e. The number of sulfonamides is 1. The lowest BCUT2D eigenvalue weighted by molar-refractivity contribution is -0.122. The molecule has 1 atom stereocenters. The number of carbonyl (C=O) groups is 1. The molecule has 0 fully saturated rings. The third kappa shape index (κ3) is 3.75. The van der Waals surface area contributed by atoms with Gasteiger partial charge in [-0.1, -0.05) is 35.3 Å². The van der Waals surface area contributed by atoms with Crippen molar-refractivity contribution in [2.24, 2.45) is 0 Å². The Morgan fingerprint density at radius 2 is 2.00 bits per heavy atom. The second kappa shape index (κ2) is 7.34. The highest BCUT2D eigenvalue weighted by Crippen LogP contribution is 2.35. The van der Waals surface area contributed by atoms with Gasteiger partial charge < -0.3 is 10.1 Å². The van der Waals surface area contributed by atoms with Gasteiger partial charge in [0, 0.05) is 5.02 Å². The van der Waals surface area contributed by atoms with E-state index < -0.39 is 22.0 Å². The molecule has 0 spiro atoms. The van der Waals surface area contributed by atoms with E-state index in [2.05, 4.69) is 5.32 Å². The molecule has 0 saturated heterocycles. The monoisotopic (exact) mass is 414 g/mol. The summed E-state index contributed by atoms with van der Waals surface area (Å²) in [4.78, 5) is 12.6. The van der Waals surface area contributed by atoms with Gasteiger partial charge in [-0.15, -0.1) is 0 Å². The number of amides is 1. The lowest BCUT2D eigenvalue weighted by Gasteiger charge is -2.34. The van der Waals surface area contributed by atoms with Crippen LogP contribution in [0, 0.1) is 0 Å². The summed E-state index contributed by atoms with van der Waals surface area (Å²) in [6, 6.07) is 11.4. The smallest absolute Gasteiger partial charge is 0.267 e. The van der Waals surface area contributed by atoms with E-state index in [1.807, 2.05) is 0 Å². The molecule has 3 rings (SSSR count). The number of carbonyl (C=O) groups excluding carboxylic acids is 1. The molecule has 6 nitrogen and oxygen atoms in total. The SMILES string of the molecule is CCS(=O)(=O)N1C[C@H](C(=O)Nc2cc(Cl)ccc2Cl)Oc2ccccc21. The van der Waals surface area contributed by atoms with Crippen LogP contribution in [-0.4, -0.2) is 32.7 Å². The Kier molecular flexibility index (Phi) is 5.32. The minimum Gasteiger partial charge on any atom is -0.476 e. The molecule has 2 aromatic rings. The molecule has 138 valence electrons. The van der Waals surface area contributed by atoms with Crippen LogP contribution in [0.15, 0.2) is 42.5 Å². The molecule has 1 aliphatic rings. The Morgan fingerprint density at radius 3 is 2.73 bits per heavy atom. The highest BCUT2D eigenvalue weighted by Gasteiger charge is 2.36. The molecule has 0 saturated carbocycles. The summed E-state index contributed by atoms with van der Waals surface area (Å²) in [5.41, 5.74) is 0.746. The first-order valence-electron chi connectivity index (χ1n) is 7.84. The number of hydrogen-bond donors (Lipinski definition) is 1. The number of fused-ring (bicyclic) bond motifs is 1. The molecular weight excluding hydrogens is 399 g/mol. The van der Waals surface area contributed by atoms with E-state index in [4.69, 9.17) is 27.9 Å². The predicted molar refractivity (Wildman–Crippen MR) is 103 cm³/mol. The van der Waals surface area contributed by atoms with Crippen LogP contribution in [0.5, 0.6) is 5.75 Å². The summed E-state index contributed by atoms with van der Waals surface area (Å²) in [7, 11) is -3.56. The molecule has 0 aromatic heterocycles. The second-order valence-corrected chi connectivity index (χ2v) is 8.64. The van der Waals surface area contributed by atoms with Crippen molar-refractivity contribution in [1.82, 2.24) is 0 Å². The van der Waals surface area contributed by atoms with Crippen LogP contribution in [0.3, 0.4) is 0 Å². The van der Waals surface area contributed by atoms with E-state index in [0.29, 0.717) is 27.2 Å². The van der Waals surface area contributed by atoms with Crippen molar-refractivity contribution < 1.29 is 17.9 Å². The number of hydrogen-bond acceptors (Lipinski definition) is 4. The van der Waals surface area contributed by atoms with Crippen LogP contribution >= 0.6 is 23.2 Å². The zero-order chi connectivity index (χ0) is 18.9. The quantitative estimate of drug-likeness (QED) is 0.829. The van der Waals surface area contributed by atoms with Crippen molar-refractivity contribution in [3.8, 4) is 5.75 Å². The van der Waals surface area contributed by atoms with Crippen LogP contribution in [0.25, 0.3) is 0 Å². The van der Waals surface area contributed by atoms with Gasteiger partial charge in [-0.2, -0.15) is 0 Å². The van der Waals surface area contributed by atoms with Crippen LogP contribution in [-0.2, 0) is 14.8 Å². The van der Waals surface area contributed by atoms with Gasteiger partial charge >= 0.3 is 0 Å². The molecule has 1 amide bonds. The summed E-state index contributed by atoms with van der Waals surface area (Å²) < 4.78 is 31.8. The molecule has 1 N–H and O–H groups in total. The zero-order valence-corrected chi connectivity index (χ0v) is 16.1. The molecule has 1 aliphatic heterocycles. The van der Waals surface area contributed by atoms with Crippen LogP contribution in [0.1, 0.15) is 6.92 Å². The van der Waals surface area contributed by atoms with Gasteiger partial charge in [-0.3, -0.25) is 9.10 Å². The fraction of sp³-hybridized carbons (Fsp3) is 0.235. The van der Waals surface area contributed by atoms with Gasteiger partial charge in [-0.05, 0) is 37.3 Å². The standard InChI is InChI=1S/C17H16Cl2N2O4S/c1-2-26(23,24)21-10-16(25-15-6-4-3-5-14(15)21)17(22)20-13-9-11(18)7-8-12(13)19/h3-9,16H,2,10H2,1H3,(H,20,22)/t16-/m1/s1. The van der Waals surface area contributed by atoms with Crippen LogP contribution in [0.4, 0.5) is 11.4 Å². The van der Waals surface area contributed by atoms with Gasteiger partial charge in [0.2, 0.25) is 10.0 Å². The minimum absolute atomic E-state index is 0.0875. The van der Waals surface area contributed by atoms with E-state index >= 15 is 0 Å². The van der Waals surface area contributed by atoms with Crippen molar-refractivity contribution in [1.29, 1.82) is 0 Å². The van der Waals surface area contributed by atoms with Gasteiger partial charge in [0.15, 0.2) is 6.10 Å². The topological polar surface area (TPSA) is 75.7 Å². The molecule has 1 heterocycles. The van der Waals surface area contributed by atoms with Gasteiger partial charge in [-0.25, -0.2) is 8.42 Å². The van der Waals surface area contributed by atoms with E-state index in [1.165, 1.54) is 10.4 Å². The number of nitrogens with one attached hydrogen (secondary N) is 1. The van der Waals surface area contributed by atoms with Crippen molar-refractivity contribution in [2.75, 3.05) is 21.9 Å². The second-order valence-electron chi connectivity index (χ2n) is 5.62. The summed E-state index contributed by atoms with van der Waals surface area (Å²) in [6.45, 7) is 1.42. The Hall–Kier alpha value is -1.96. The molecule has 0 aliphatic carbocycles. The molecular formula is C17H16Cl2N2O4S. The molecule has 0 radical (unpaired) electrons. The first-order valence-corrected chi connectivity index (χ1v) is 10.2. The molecule has 26 heavy (non-hydrogen) atoms. The maximum Gasteiger partial charge on any atom is 0.267 e. The first-order chi connectivity index (χ1) is 12.3. The third-order valence-corrected chi connectivity index (χ3v) is 6.23. The Labute approximate surface area is 161 Å². The van der Waals surface area contributed by atoms with Crippen molar-refractivity contribution in [2.45, 2.75) is 13.0 Å². The Bertz CT molecular complexity index is 950. The summed E-state index contributed by atoms with van der Waals surface area (Å²) in [5.74, 6) is -0.274. The lowest BCUT2D eigenvalue weighted by atomic mass is 10.2. The number of benzene rings is 2. The van der Waals surface area contributed by atoms with Gasteiger partial charge in [0.25, 0.3) is 5.91 Å². The number of ether oxygens (including phenoxy) is 1. The average Bonchev–Trinajstić information content (AvgIpc) is 2.63. The van der Waals surface area contributed by atoms with Gasteiger partial charge in [0.1, 0.15) is 5.75 Å². The van der Waals surface area contributed by atoms with E-state index in [9.17, 15) is 13.2 Å². The highest BCUT2D eigenvalue weighted by atomic mass is 35.5. The van der Waals surface area contributed by atoms with Crippen molar-refractivity contribution >= 4 is 50.5 Å². The normalized spacial score (nSPS) is 16.6. The molecule has 2 aromatic carbocycles. The van der Waals surface area contributed by atoms with E-state index in [-0.39, 0.29) is 12.3 Å². The third-order valence-electron chi connectivity index (χ3n) is 3.91. The van der Waals surface area contributed by atoms with Crippen molar-refractivity contribution in [3.63, 3.8) is 0 Å². The zero-order valence-electron chi connectivity index (χ0n) is 13.8. The number of halogens is 2. The van der Waals surface area contributed by atoms with Crippen LogP contribution < -0.4 is 14.4 Å². The maximum absolute atomic E-state index is 12.6. The molecule has 9 heteroatoms. The molecule has 0 bridgehead atoms. The Balaban J connectivity index is 1.90. The molecule has 0 unspecified atom stereocenters. The maximum atomic E-state index is 12.6. The average molecular weight is 415 g/mol. The summed E-state index contributed by atoms with van der Waals surface area (Å²) >= 11 is 12.0. The fourth-order valence-corrected chi connectivity index (χ4v) is 4.03. The van der Waals surface area contributed by atoms with Gasteiger partial charge in [0.05, 0.1) is 28.7 Å². The minimum atomic E-state index is -3.56. The predicted octanol–water partition coefficient (Wildman–Crippen LogP) is 3.55. The first kappa shape index (κ1) is 18.8. The van der Waals surface area contributed by atoms with E-state index in [0.717, 1.165) is 0 Å². The highest BCUT2D eigenvalue weighted by molar-refractivity contribution is 7.92. The van der Waals surface area contributed by atoms with E-state index in [1.54, 1.807) is 43.3 Å². The Morgan fingerprint density at radius 1 is 1.27 bits per heavy atom. The van der Waals surface area contributed by atoms with Crippen LogP contribution in [0.2, 0.25) is 10.0 Å². The van der Waals surface area contributed by atoms with Crippen molar-refractivity contribution in [3.05, 3.63) is 52.5 Å². The number of nitrogens with zero attached hydrogens (tertiary/aromatic N) is 1. The number of anilines is 2. The lowest BCUT2D eigenvalue weighted by Crippen LogP contribution is -2.49. The number of rotatable bonds is 4. The summed E-state index contributed by atoms with van der Waals surface area (Å²) in [6.07, 6.45) is -1.03. The number of para-hydroxylation sites is 2. The summed E-state index contributed by atoms with van der Waals surface area (Å²) in [5, 5.41) is 3.37.